The minimum atomic E-state index is -0.235. The maximum Gasteiger partial charge on any atom is 0.234 e. The highest BCUT2D eigenvalue weighted by Gasteiger charge is 2.30. The lowest BCUT2D eigenvalue weighted by atomic mass is 9.90. The molecule has 12 nitrogen and oxygen atoms in total. The Morgan fingerprint density at radius 3 is 2.40 bits per heavy atom. The number of nitrogens with one attached hydrogen (secondary N) is 2. The molecule has 2 unspecified atom stereocenters. The molecule has 3 saturated heterocycles. The summed E-state index contributed by atoms with van der Waals surface area (Å²) in [4.78, 5) is 44.0. The van der Waals surface area contributed by atoms with Crippen LogP contribution in [0, 0.1) is 12.8 Å². The van der Waals surface area contributed by atoms with Gasteiger partial charge in [-0.2, -0.15) is 5.10 Å². The van der Waals surface area contributed by atoms with E-state index in [1.165, 1.54) is 24.2 Å². The zero-order valence-electron chi connectivity index (χ0n) is 29.8. The average Bonchev–Trinajstić information content (AvgIpc) is 3.72. The van der Waals surface area contributed by atoms with Gasteiger partial charge in [0.2, 0.25) is 11.8 Å². The summed E-state index contributed by atoms with van der Waals surface area (Å²) in [6, 6.07) is 17.2. The lowest BCUT2D eigenvalue weighted by Gasteiger charge is -2.43. The number of aromatic amines is 1. The second-order valence-electron chi connectivity index (χ2n) is 14.4. The standard InChI is InChI=1S/C39H44BrN9O3/c1-24-21-47(22-26-14-16-48(17-15-26)28-6-4-27(5-7-28)31-12-13-34(50)42-39(31)51)18-19-49(24)29-8-10-30(11-9-29)52-36-33(40)20-41-38-35(36)43-37(44-38)32-23-46(3)45-25(32)2/h4-11,20,23-24,26,31H,12-19,21-22H2,1-3H3,(H,41,43,44)(H,42,50,51). The topological polar surface area (TPSA) is 125 Å². The summed E-state index contributed by atoms with van der Waals surface area (Å²) in [7, 11) is 1.90. The van der Waals surface area contributed by atoms with E-state index in [4.69, 9.17) is 9.72 Å². The van der Waals surface area contributed by atoms with Gasteiger partial charge >= 0.3 is 0 Å². The molecule has 2 amide bonds. The number of aromatic nitrogens is 5. The van der Waals surface area contributed by atoms with E-state index in [0.29, 0.717) is 42.0 Å². The van der Waals surface area contributed by atoms with Gasteiger partial charge in [0.25, 0.3) is 0 Å². The quantitative estimate of drug-likeness (QED) is 0.179. The fourth-order valence-electron chi connectivity index (χ4n) is 8.04. The van der Waals surface area contributed by atoms with Crippen LogP contribution in [0.3, 0.4) is 0 Å². The molecule has 2 N–H and O–H groups in total. The number of amides is 2. The van der Waals surface area contributed by atoms with Crippen molar-refractivity contribution in [3.05, 3.63) is 76.7 Å². The second-order valence-corrected chi connectivity index (χ2v) is 15.3. The number of pyridine rings is 1. The first kappa shape index (κ1) is 34.3. The molecule has 13 heteroatoms. The lowest BCUT2D eigenvalue weighted by Crippen LogP contribution is -2.53. The van der Waals surface area contributed by atoms with Gasteiger partial charge in [-0.25, -0.2) is 9.97 Å². The molecule has 0 aliphatic carbocycles. The Morgan fingerprint density at radius 1 is 0.962 bits per heavy atom. The Labute approximate surface area is 311 Å². The normalized spacial score (nSPS) is 20.5. The number of H-pyrrole nitrogens is 1. The van der Waals surface area contributed by atoms with E-state index < -0.39 is 0 Å². The Morgan fingerprint density at radius 2 is 1.71 bits per heavy atom. The summed E-state index contributed by atoms with van der Waals surface area (Å²) < 4.78 is 8.95. The summed E-state index contributed by atoms with van der Waals surface area (Å²) in [6.45, 7) is 10.6. The summed E-state index contributed by atoms with van der Waals surface area (Å²) >= 11 is 3.63. The minimum absolute atomic E-state index is 0.173. The second kappa shape index (κ2) is 14.3. The molecule has 2 aromatic carbocycles. The fraction of sp³-hybridized carbons (Fsp3) is 0.410. The van der Waals surface area contributed by atoms with Crippen molar-refractivity contribution in [3.63, 3.8) is 0 Å². The highest BCUT2D eigenvalue weighted by atomic mass is 79.9. The minimum Gasteiger partial charge on any atom is -0.454 e. The number of benzene rings is 2. The number of fused-ring (bicyclic) bond motifs is 1. The first-order valence-electron chi connectivity index (χ1n) is 18.2. The van der Waals surface area contributed by atoms with Crippen LogP contribution in [0.1, 0.15) is 49.8 Å². The molecule has 0 saturated carbocycles. The van der Waals surface area contributed by atoms with Gasteiger partial charge in [0, 0.05) is 82.5 Å². The van der Waals surface area contributed by atoms with Crippen LogP contribution in [0.5, 0.6) is 11.5 Å². The highest BCUT2D eigenvalue weighted by molar-refractivity contribution is 9.10. The lowest BCUT2D eigenvalue weighted by molar-refractivity contribution is -0.134. The molecule has 3 aliphatic heterocycles. The summed E-state index contributed by atoms with van der Waals surface area (Å²) in [5.41, 5.74) is 6.54. The van der Waals surface area contributed by atoms with Crippen molar-refractivity contribution in [2.75, 3.05) is 49.1 Å². The number of anilines is 2. The van der Waals surface area contributed by atoms with Gasteiger partial charge in [0.15, 0.2) is 11.4 Å². The summed E-state index contributed by atoms with van der Waals surface area (Å²) in [5, 5.41) is 6.92. The third kappa shape index (κ3) is 7.03. The number of nitrogens with zero attached hydrogens (tertiary/aromatic N) is 7. The number of carbonyl (C=O) groups excluding carboxylic acids is 2. The van der Waals surface area contributed by atoms with Crippen LogP contribution in [0.25, 0.3) is 22.6 Å². The number of piperazine rings is 1. The van der Waals surface area contributed by atoms with Crippen molar-refractivity contribution >= 4 is 50.3 Å². The zero-order valence-corrected chi connectivity index (χ0v) is 31.4. The average molecular weight is 767 g/mol. The van der Waals surface area contributed by atoms with E-state index in [1.54, 1.807) is 10.9 Å². The zero-order chi connectivity index (χ0) is 35.9. The molecular formula is C39H44BrN9O3. The Bertz CT molecular complexity index is 2090. The van der Waals surface area contributed by atoms with E-state index in [0.717, 1.165) is 71.8 Å². The highest BCUT2D eigenvalue weighted by Crippen LogP contribution is 2.37. The molecule has 8 rings (SSSR count). The fourth-order valence-corrected chi connectivity index (χ4v) is 8.43. The van der Waals surface area contributed by atoms with Crippen molar-refractivity contribution in [1.29, 1.82) is 0 Å². The van der Waals surface area contributed by atoms with Crippen molar-refractivity contribution in [1.82, 2.24) is 34.9 Å². The summed E-state index contributed by atoms with van der Waals surface area (Å²) in [5.74, 6) is 2.20. The first-order chi connectivity index (χ1) is 25.2. The van der Waals surface area contributed by atoms with E-state index >= 15 is 0 Å². The van der Waals surface area contributed by atoms with Crippen LogP contribution in [0.15, 0.2) is 65.4 Å². The number of aryl methyl sites for hydroxylation is 2. The van der Waals surface area contributed by atoms with Crippen LogP contribution >= 0.6 is 15.9 Å². The smallest absolute Gasteiger partial charge is 0.234 e. The monoisotopic (exact) mass is 765 g/mol. The van der Waals surface area contributed by atoms with Gasteiger partial charge in [0.05, 0.1) is 21.6 Å². The number of hydrogen-bond donors (Lipinski definition) is 2. The Hall–Kier alpha value is -4.75. The molecule has 0 bridgehead atoms. The van der Waals surface area contributed by atoms with Crippen LogP contribution in [-0.2, 0) is 16.6 Å². The Kier molecular flexibility index (Phi) is 9.47. The van der Waals surface area contributed by atoms with Gasteiger partial charge in [-0.05, 0) is 96.9 Å². The van der Waals surface area contributed by atoms with Crippen molar-refractivity contribution in [2.45, 2.75) is 51.5 Å². The van der Waals surface area contributed by atoms with E-state index in [1.807, 2.05) is 32.3 Å². The number of ether oxygens (including phenoxy) is 1. The van der Waals surface area contributed by atoms with Gasteiger partial charge in [-0.15, -0.1) is 0 Å². The number of piperidine rings is 2. The first-order valence-corrected chi connectivity index (χ1v) is 19.0. The molecule has 3 fully saturated rings. The van der Waals surface area contributed by atoms with Crippen LogP contribution in [0.2, 0.25) is 0 Å². The predicted octanol–water partition coefficient (Wildman–Crippen LogP) is 6.17. The third-order valence-electron chi connectivity index (χ3n) is 10.8. The summed E-state index contributed by atoms with van der Waals surface area (Å²) in [6.07, 6.45) is 7.01. The molecule has 0 radical (unpaired) electrons. The van der Waals surface area contributed by atoms with Gasteiger partial charge in [-0.1, -0.05) is 12.1 Å². The van der Waals surface area contributed by atoms with Crippen LogP contribution < -0.4 is 19.9 Å². The molecule has 0 spiro atoms. The van der Waals surface area contributed by atoms with E-state index in [-0.39, 0.29) is 17.7 Å². The Balaban J connectivity index is 0.836. The van der Waals surface area contributed by atoms with Gasteiger partial charge in [-0.3, -0.25) is 24.5 Å². The number of hydrogen-bond acceptors (Lipinski definition) is 9. The van der Waals surface area contributed by atoms with Gasteiger partial charge < -0.3 is 19.5 Å². The number of imidazole rings is 1. The number of carbonyl (C=O) groups is 2. The largest absolute Gasteiger partial charge is 0.454 e. The molecule has 6 heterocycles. The maximum atomic E-state index is 12.3. The number of halogens is 1. The molecule has 270 valence electrons. The van der Waals surface area contributed by atoms with E-state index in [2.05, 4.69) is 94.3 Å². The molecular weight excluding hydrogens is 722 g/mol. The molecule has 3 aliphatic rings. The number of rotatable bonds is 8. The molecule has 52 heavy (non-hydrogen) atoms. The maximum absolute atomic E-state index is 12.3. The van der Waals surface area contributed by atoms with Crippen LogP contribution in [0.4, 0.5) is 11.4 Å². The van der Waals surface area contributed by atoms with E-state index in [9.17, 15) is 9.59 Å². The molecule has 2 atom stereocenters. The van der Waals surface area contributed by atoms with Crippen molar-refractivity contribution in [3.8, 4) is 22.9 Å². The van der Waals surface area contributed by atoms with Crippen LogP contribution in [-0.4, -0.2) is 86.8 Å². The van der Waals surface area contributed by atoms with Crippen molar-refractivity contribution < 1.29 is 14.3 Å². The predicted molar refractivity (Wildman–Crippen MR) is 205 cm³/mol. The van der Waals surface area contributed by atoms with Gasteiger partial charge in [0.1, 0.15) is 17.1 Å². The van der Waals surface area contributed by atoms with Crippen molar-refractivity contribution in [2.24, 2.45) is 13.0 Å². The number of imide groups is 1. The SMILES string of the molecule is Cc1nn(C)cc1-c1nc2ncc(Br)c(Oc3ccc(N4CCN(CC5CCN(c6ccc(C7CCC(=O)NC7=O)cc6)CC5)CC4C)cc3)c2[nH]1. The molecule has 5 aromatic rings. The molecule has 3 aromatic heterocycles. The third-order valence-corrected chi connectivity index (χ3v) is 11.4.